The lowest BCUT2D eigenvalue weighted by Gasteiger charge is -2.33. The van der Waals surface area contributed by atoms with Gasteiger partial charge in [0, 0.05) is 31.6 Å². The molecule has 0 fully saturated rings. The summed E-state index contributed by atoms with van der Waals surface area (Å²) in [5.41, 5.74) is 1.54. The third-order valence-corrected chi connectivity index (χ3v) is 9.35. The maximum absolute atomic E-state index is 14.0. The van der Waals surface area contributed by atoms with Crippen molar-refractivity contribution in [3.05, 3.63) is 113 Å². The van der Waals surface area contributed by atoms with Crippen molar-refractivity contribution in [2.45, 2.75) is 43.7 Å². The number of unbranched alkanes of at least 4 members (excludes halogenated alkanes) is 1. The molecule has 0 saturated heterocycles. The quantitative estimate of drug-likeness (QED) is 0.199. The van der Waals surface area contributed by atoms with Crippen LogP contribution in [0, 0.1) is 0 Å². The fourth-order valence-electron chi connectivity index (χ4n) is 4.74. The largest absolute Gasteiger partial charge is 0.354 e. The molecular weight excluding hydrogens is 570 g/mol. The molecule has 0 unspecified atom stereocenters. The van der Waals surface area contributed by atoms with Crippen LogP contribution in [0.3, 0.4) is 0 Å². The molecule has 42 heavy (non-hydrogen) atoms. The number of benzene rings is 4. The van der Waals surface area contributed by atoms with Crippen LogP contribution in [0.5, 0.6) is 0 Å². The van der Waals surface area contributed by atoms with Crippen molar-refractivity contribution in [2.24, 2.45) is 0 Å². The van der Waals surface area contributed by atoms with E-state index in [1.165, 1.54) is 11.9 Å². The lowest BCUT2D eigenvalue weighted by Crippen LogP contribution is -2.53. The van der Waals surface area contributed by atoms with Gasteiger partial charge >= 0.3 is 0 Å². The summed E-state index contributed by atoms with van der Waals surface area (Å²) in [4.78, 5) is 29.2. The summed E-state index contributed by atoms with van der Waals surface area (Å²) < 4.78 is 28.2. The van der Waals surface area contributed by atoms with Crippen LogP contribution in [0.25, 0.3) is 10.8 Å². The number of amides is 2. The lowest BCUT2D eigenvalue weighted by atomic mass is 10.0. The van der Waals surface area contributed by atoms with Gasteiger partial charge in [0.15, 0.2) is 0 Å². The number of nitrogens with zero attached hydrogens (tertiary/aromatic N) is 2. The fraction of sp³-hybridized carbons (Fsp3) is 0.273. The number of sulfonamides is 1. The Kier molecular flexibility index (Phi) is 10.7. The normalized spacial score (nSPS) is 12.3. The standard InChI is InChI=1S/C33H36ClN3O4S/c1-3-4-20-35-33(39)31(21-25-12-6-5-7-13-25)37(23-28-16-10-11-17-30(28)34)32(38)24-36(2)42(40,41)29-19-18-26-14-8-9-15-27(26)22-29/h5-19,22,31H,3-4,20-21,23-24H2,1-2H3,(H,35,39)/t31-/m0/s1. The molecule has 7 nitrogen and oxygen atoms in total. The number of hydrogen-bond acceptors (Lipinski definition) is 4. The molecule has 0 aliphatic rings. The Morgan fingerprint density at radius 1 is 0.881 bits per heavy atom. The number of carbonyl (C=O) groups is 2. The van der Waals surface area contributed by atoms with Crippen LogP contribution in [0.15, 0.2) is 102 Å². The number of likely N-dealkylation sites (N-methyl/N-ethyl adjacent to an activating group) is 1. The molecule has 4 aromatic carbocycles. The third kappa shape index (κ3) is 7.76. The van der Waals surface area contributed by atoms with Gasteiger partial charge in [-0.3, -0.25) is 9.59 Å². The smallest absolute Gasteiger partial charge is 0.243 e. The maximum Gasteiger partial charge on any atom is 0.243 e. The maximum atomic E-state index is 14.0. The van der Waals surface area contributed by atoms with Gasteiger partial charge in [0.2, 0.25) is 21.8 Å². The van der Waals surface area contributed by atoms with Crippen molar-refractivity contribution in [3.8, 4) is 0 Å². The molecule has 9 heteroatoms. The highest BCUT2D eigenvalue weighted by molar-refractivity contribution is 7.89. The average Bonchev–Trinajstić information content (AvgIpc) is 3.00. The van der Waals surface area contributed by atoms with Gasteiger partial charge < -0.3 is 10.2 Å². The molecule has 2 amide bonds. The SMILES string of the molecule is CCCCNC(=O)[C@H](Cc1ccccc1)N(Cc1ccccc1Cl)C(=O)CN(C)S(=O)(=O)c1ccc2ccccc2c1. The van der Waals surface area contributed by atoms with E-state index in [1.807, 2.05) is 67.6 Å². The third-order valence-electron chi connectivity index (χ3n) is 7.19. The first-order valence-corrected chi connectivity index (χ1v) is 15.8. The van der Waals surface area contributed by atoms with E-state index in [2.05, 4.69) is 5.32 Å². The number of halogens is 1. The zero-order valence-corrected chi connectivity index (χ0v) is 25.4. The van der Waals surface area contributed by atoms with Gasteiger partial charge in [-0.1, -0.05) is 104 Å². The Morgan fingerprint density at radius 3 is 2.26 bits per heavy atom. The van der Waals surface area contributed by atoms with E-state index in [1.54, 1.807) is 36.4 Å². The van der Waals surface area contributed by atoms with Crippen molar-refractivity contribution in [2.75, 3.05) is 20.1 Å². The predicted molar refractivity (Wildman–Crippen MR) is 168 cm³/mol. The molecule has 0 spiro atoms. The molecule has 1 atom stereocenters. The van der Waals surface area contributed by atoms with E-state index in [0.717, 1.165) is 33.5 Å². The summed E-state index contributed by atoms with van der Waals surface area (Å²) >= 11 is 6.48. The predicted octanol–water partition coefficient (Wildman–Crippen LogP) is 5.67. The number of rotatable bonds is 13. The summed E-state index contributed by atoms with van der Waals surface area (Å²) in [6, 6.07) is 28.1. The van der Waals surface area contributed by atoms with E-state index < -0.39 is 28.5 Å². The van der Waals surface area contributed by atoms with Crippen molar-refractivity contribution < 1.29 is 18.0 Å². The monoisotopic (exact) mass is 605 g/mol. The lowest BCUT2D eigenvalue weighted by molar-refractivity contribution is -0.141. The van der Waals surface area contributed by atoms with Gasteiger partial charge in [0.25, 0.3) is 0 Å². The van der Waals surface area contributed by atoms with Gasteiger partial charge in [0.05, 0.1) is 11.4 Å². The minimum Gasteiger partial charge on any atom is -0.354 e. The second kappa shape index (κ2) is 14.4. The van der Waals surface area contributed by atoms with E-state index in [4.69, 9.17) is 11.6 Å². The fourth-order valence-corrected chi connectivity index (χ4v) is 6.10. The highest BCUT2D eigenvalue weighted by Crippen LogP contribution is 2.23. The second-order valence-corrected chi connectivity index (χ2v) is 12.7. The molecule has 0 saturated carbocycles. The zero-order valence-electron chi connectivity index (χ0n) is 23.9. The Labute approximate surface area is 253 Å². The van der Waals surface area contributed by atoms with E-state index in [-0.39, 0.29) is 23.8 Å². The first-order chi connectivity index (χ1) is 20.2. The van der Waals surface area contributed by atoms with Crippen LogP contribution in [0.2, 0.25) is 5.02 Å². The molecule has 0 aliphatic heterocycles. The van der Waals surface area contributed by atoms with E-state index >= 15 is 0 Å². The average molecular weight is 606 g/mol. The molecule has 4 aromatic rings. The van der Waals surface area contributed by atoms with Crippen molar-refractivity contribution in [3.63, 3.8) is 0 Å². The summed E-state index contributed by atoms with van der Waals surface area (Å²) in [5.74, 6) is -0.805. The van der Waals surface area contributed by atoms with Gasteiger partial charge in [-0.25, -0.2) is 8.42 Å². The first-order valence-electron chi connectivity index (χ1n) is 14.0. The second-order valence-electron chi connectivity index (χ2n) is 10.2. The Balaban J connectivity index is 1.66. The topological polar surface area (TPSA) is 86.8 Å². The van der Waals surface area contributed by atoms with Crippen LogP contribution >= 0.6 is 11.6 Å². The number of carbonyl (C=O) groups excluding carboxylic acids is 2. The van der Waals surface area contributed by atoms with Gasteiger partial charge in [-0.05, 0) is 46.5 Å². The van der Waals surface area contributed by atoms with Crippen LogP contribution in [-0.4, -0.2) is 55.6 Å². The highest BCUT2D eigenvalue weighted by Gasteiger charge is 2.33. The Hall–Kier alpha value is -3.72. The van der Waals surface area contributed by atoms with Crippen LogP contribution < -0.4 is 5.32 Å². The molecule has 4 rings (SSSR count). The highest BCUT2D eigenvalue weighted by atomic mass is 35.5. The van der Waals surface area contributed by atoms with Crippen LogP contribution in [0.4, 0.5) is 0 Å². The molecule has 0 aromatic heterocycles. The minimum atomic E-state index is -4.00. The van der Waals surface area contributed by atoms with Crippen molar-refractivity contribution in [1.29, 1.82) is 0 Å². The zero-order chi connectivity index (χ0) is 30.1. The number of nitrogens with one attached hydrogen (secondary N) is 1. The molecule has 0 bridgehead atoms. The molecule has 220 valence electrons. The molecule has 1 N–H and O–H groups in total. The Morgan fingerprint density at radius 2 is 1.55 bits per heavy atom. The molecule has 0 radical (unpaired) electrons. The number of fused-ring (bicyclic) bond motifs is 1. The van der Waals surface area contributed by atoms with Crippen LogP contribution in [-0.2, 0) is 32.6 Å². The summed E-state index contributed by atoms with van der Waals surface area (Å²) in [6.07, 6.45) is 1.97. The summed E-state index contributed by atoms with van der Waals surface area (Å²) in [5, 5.41) is 5.12. The van der Waals surface area contributed by atoms with Gasteiger partial charge in [0.1, 0.15) is 6.04 Å². The van der Waals surface area contributed by atoms with Gasteiger partial charge in [-0.2, -0.15) is 4.31 Å². The van der Waals surface area contributed by atoms with Gasteiger partial charge in [-0.15, -0.1) is 0 Å². The van der Waals surface area contributed by atoms with Crippen molar-refractivity contribution >= 4 is 44.2 Å². The minimum absolute atomic E-state index is 0.0427. The number of hydrogen-bond donors (Lipinski definition) is 1. The Bertz CT molecular complexity index is 1630. The first kappa shape index (κ1) is 31.2. The molecular formula is C33H36ClN3O4S. The summed E-state index contributed by atoms with van der Waals surface area (Å²) in [7, 11) is -2.62. The summed E-state index contributed by atoms with van der Waals surface area (Å²) in [6.45, 7) is 2.10. The molecule has 0 heterocycles. The van der Waals surface area contributed by atoms with E-state index in [9.17, 15) is 18.0 Å². The van der Waals surface area contributed by atoms with E-state index in [0.29, 0.717) is 17.1 Å². The molecule has 0 aliphatic carbocycles. The van der Waals surface area contributed by atoms with Crippen molar-refractivity contribution in [1.82, 2.24) is 14.5 Å². The van der Waals surface area contributed by atoms with Crippen LogP contribution in [0.1, 0.15) is 30.9 Å².